The molecule has 0 saturated heterocycles. The van der Waals surface area contributed by atoms with Crippen LogP contribution in [0.1, 0.15) is 25.5 Å². The zero-order valence-corrected chi connectivity index (χ0v) is 15.3. The van der Waals surface area contributed by atoms with Crippen molar-refractivity contribution in [2.24, 2.45) is 0 Å². The van der Waals surface area contributed by atoms with E-state index in [1.54, 1.807) is 7.05 Å². The standard InChI is InChI=1S/C19H21N3O2S/c1-4-24-14-10-9-12-7-5-6-8-13(12)16(14)17-15(18(23)20-3)11(2)21-19(25)22-17/h5-10,17H,4H2,1-3H3,(H,20,23)(H2,21,22,25). The van der Waals surface area contributed by atoms with Crippen molar-refractivity contribution in [3.63, 3.8) is 0 Å². The maximum absolute atomic E-state index is 12.5. The first-order valence-electron chi connectivity index (χ1n) is 8.21. The highest BCUT2D eigenvalue weighted by atomic mass is 32.1. The summed E-state index contributed by atoms with van der Waals surface area (Å²) >= 11 is 5.34. The number of thiocarbonyl (C=S) groups is 1. The molecule has 1 aliphatic heterocycles. The minimum Gasteiger partial charge on any atom is -0.493 e. The number of benzene rings is 2. The molecule has 1 aliphatic rings. The maximum atomic E-state index is 12.5. The van der Waals surface area contributed by atoms with Crippen molar-refractivity contribution in [2.75, 3.05) is 13.7 Å². The quantitative estimate of drug-likeness (QED) is 0.736. The number of fused-ring (bicyclic) bond motifs is 1. The monoisotopic (exact) mass is 355 g/mol. The zero-order valence-electron chi connectivity index (χ0n) is 14.5. The Morgan fingerprint density at radius 1 is 1.28 bits per heavy atom. The van der Waals surface area contributed by atoms with Gasteiger partial charge in [-0.1, -0.05) is 30.3 Å². The van der Waals surface area contributed by atoms with Gasteiger partial charge in [-0.15, -0.1) is 0 Å². The third-order valence-electron chi connectivity index (χ3n) is 4.26. The Balaban J connectivity index is 2.28. The van der Waals surface area contributed by atoms with Crippen LogP contribution in [0, 0.1) is 0 Å². The van der Waals surface area contributed by atoms with Gasteiger partial charge in [-0.2, -0.15) is 0 Å². The molecule has 0 fully saturated rings. The summed E-state index contributed by atoms with van der Waals surface area (Å²) in [6.07, 6.45) is 0. The molecule has 1 unspecified atom stereocenters. The highest BCUT2D eigenvalue weighted by Gasteiger charge is 2.32. The topological polar surface area (TPSA) is 62.4 Å². The molecule has 2 aromatic carbocycles. The molecular weight excluding hydrogens is 334 g/mol. The van der Waals surface area contributed by atoms with E-state index in [2.05, 4.69) is 16.0 Å². The van der Waals surface area contributed by atoms with Gasteiger partial charge in [-0.05, 0) is 42.9 Å². The van der Waals surface area contributed by atoms with Gasteiger partial charge in [0, 0.05) is 18.3 Å². The minimum atomic E-state index is -0.388. The Morgan fingerprint density at radius 2 is 2.04 bits per heavy atom. The predicted molar refractivity (Wildman–Crippen MR) is 103 cm³/mol. The van der Waals surface area contributed by atoms with Crippen molar-refractivity contribution in [1.82, 2.24) is 16.0 Å². The molecule has 25 heavy (non-hydrogen) atoms. The summed E-state index contributed by atoms with van der Waals surface area (Å²) in [6, 6.07) is 11.6. The number of hydrogen-bond acceptors (Lipinski definition) is 3. The number of rotatable bonds is 4. The van der Waals surface area contributed by atoms with Crippen molar-refractivity contribution in [1.29, 1.82) is 0 Å². The first kappa shape index (κ1) is 17.2. The van der Waals surface area contributed by atoms with E-state index in [-0.39, 0.29) is 11.9 Å². The average molecular weight is 355 g/mol. The number of hydrogen-bond donors (Lipinski definition) is 3. The third kappa shape index (κ3) is 3.17. The lowest BCUT2D eigenvalue weighted by atomic mass is 9.90. The van der Waals surface area contributed by atoms with Crippen LogP contribution in [0.5, 0.6) is 5.75 Å². The Hall–Kier alpha value is -2.60. The van der Waals surface area contributed by atoms with Crippen LogP contribution in [0.15, 0.2) is 47.7 Å². The SMILES string of the molecule is CCOc1ccc2ccccc2c1C1NC(=S)NC(C)=C1C(=O)NC. The predicted octanol–water partition coefficient (Wildman–Crippen LogP) is 2.78. The summed E-state index contributed by atoms with van der Waals surface area (Å²) in [6.45, 7) is 4.34. The summed E-state index contributed by atoms with van der Waals surface area (Å²) in [5.41, 5.74) is 2.26. The van der Waals surface area contributed by atoms with E-state index >= 15 is 0 Å². The molecule has 130 valence electrons. The van der Waals surface area contributed by atoms with Crippen LogP contribution in [-0.4, -0.2) is 24.7 Å². The molecule has 0 aliphatic carbocycles. The Morgan fingerprint density at radius 3 is 2.76 bits per heavy atom. The molecule has 6 heteroatoms. The molecule has 0 aromatic heterocycles. The summed E-state index contributed by atoms with van der Waals surface area (Å²) in [4.78, 5) is 12.5. The van der Waals surface area contributed by atoms with Crippen LogP contribution in [-0.2, 0) is 4.79 Å². The Labute approximate surface area is 152 Å². The van der Waals surface area contributed by atoms with Crippen molar-refractivity contribution < 1.29 is 9.53 Å². The summed E-state index contributed by atoms with van der Waals surface area (Å²) in [5, 5.41) is 11.6. The van der Waals surface area contributed by atoms with E-state index in [0.29, 0.717) is 17.3 Å². The largest absolute Gasteiger partial charge is 0.493 e. The van der Waals surface area contributed by atoms with E-state index in [4.69, 9.17) is 17.0 Å². The van der Waals surface area contributed by atoms with E-state index in [9.17, 15) is 4.79 Å². The first-order chi connectivity index (χ1) is 12.1. The minimum absolute atomic E-state index is 0.152. The van der Waals surface area contributed by atoms with Crippen molar-refractivity contribution >= 4 is 34.0 Å². The van der Waals surface area contributed by atoms with E-state index in [0.717, 1.165) is 27.8 Å². The van der Waals surface area contributed by atoms with Crippen LogP contribution >= 0.6 is 12.2 Å². The Bertz CT molecular complexity index is 876. The van der Waals surface area contributed by atoms with E-state index < -0.39 is 0 Å². The molecule has 1 amide bonds. The smallest absolute Gasteiger partial charge is 0.251 e. The van der Waals surface area contributed by atoms with Gasteiger partial charge in [0.05, 0.1) is 18.2 Å². The number of allylic oxidation sites excluding steroid dienone is 1. The fourth-order valence-corrected chi connectivity index (χ4v) is 3.47. The fraction of sp³-hybridized carbons (Fsp3) is 0.263. The average Bonchev–Trinajstić information content (AvgIpc) is 2.60. The lowest BCUT2D eigenvalue weighted by Crippen LogP contribution is -2.46. The second kappa shape index (κ2) is 7.11. The van der Waals surface area contributed by atoms with Crippen LogP contribution < -0.4 is 20.7 Å². The lowest BCUT2D eigenvalue weighted by Gasteiger charge is -2.31. The molecule has 0 bridgehead atoms. The fourth-order valence-electron chi connectivity index (χ4n) is 3.20. The molecule has 0 spiro atoms. The van der Waals surface area contributed by atoms with E-state index in [1.807, 2.05) is 50.2 Å². The molecule has 5 nitrogen and oxygen atoms in total. The number of carbonyl (C=O) groups excluding carboxylic acids is 1. The maximum Gasteiger partial charge on any atom is 0.251 e. The summed E-state index contributed by atoms with van der Waals surface area (Å²) < 4.78 is 5.87. The van der Waals surface area contributed by atoms with Gasteiger partial charge in [-0.25, -0.2) is 0 Å². The molecule has 3 rings (SSSR count). The first-order valence-corrected chi connectivity index (χ1v) is 8.62. The van der Waals surface area contributed by atoms with Gasteiger partial charge < -0.3 is 20.7 Å². The second-order valence-corrected chi connectivity index (χ2v) is 6.19. The van der Waals surface area contributed by atoms with Gasteiger partial charge >= 0.3 is 0 Å². The van der Waals surface area contributed by atoms with Crippen LogP contribution in [0.2, 0.25) is 0 Å². The zero-order chi connectivity index (χ0) is 18.0. The van der Waals surface area contributed by atoms with Crippen LogP contribution in [0.4, 0.5) is 0 Å². The molecule has 1 atom stereocenters. The van der Waals surface area contributed by atoms with Gasteiger partial charge in [0.1, 0.15) is 5.75 Å². The summed E-state index contributed by atoms with van der Waals surface area (Å²) in [7, 11) is 1.62. The molecular formula is C19H21N3O2S. The number of amides is 1. The van der Waals surface area contributed by atoms with Crippen LogP contribution in [0.3, 0.4) is 0 Å². The van der Waals surface area contributed by atoms with Crippen molar-refractivity contribution in [3.8, 4) is 5.75 Å². The number of likely N-dealkylation sites (N-methyl/N-ethyl adjacent to an activating group) is 1. The lowest BCUT2D eigenvalue weighted by molar-refractivity contribution is -0.117. The number of ether oxygens (including phenoxy) is 1. The van der Waals surface area contributed by atoms with Crippen molar-refractivity contribution in [3.05, 3.63) is 53.2 Å². The number of nitrogens with one attached hydrogen (secondary N) is 3. The van der Waals surface area contributed by atoms with Crippen LogP contribution in [0.25, 0.3) is 10.8 Å². The molecule has 2 aromatic rings. The van der Waals surface area contributed by atoms with Gasteiger partial charge in [-0.3, -0.25) is 4.79 Å². The molecule has 3 N–H and O–H groups in total. The molecule has 0 saturated carbocycles. The number of carbonyl (C=O) groups is 1. The third-order valence-corrected chi connectivity index (χ3v) is 4.48. The molecule has 0 radical (unpaired) electrons. The highest BCUT2D eigenvalue weighted by molar-refractivity contribution is 7.80. The molecule has 1 heterocycles. The van der Waals surface area contributed by atoms with Gasteiger partial charge in [0.2, 0.25) is 0 Å². The summed E-state index contributed by atoms with van der Waals surface area (Å²) in [5.74, 6) is 0.595. The van der Waals surface area contributed by atoms with E-state index in [1.165, 1.54) is 0 Å². The van der Waals surface area contributed by atoms with Gasteiger partial charge in [0.15, 0.2) is 5.11 Å². The Kier molecular flexibility index (Phi) is 4.90. The normalized spacial score (nSPS) is 17.1. The van der Waals surface area contributed by atoms with Gasteiger partial charge in [0.25, 0.3) is 5.91 Å². The van der Waals surface area contributed by atoms with Crippen molar-refractivity contribution in [2.45, 2.75) is 19.9 Å². The highest BCUT2D eigenvalue weighted by Crippen LogP contribution is 2.38. The second-order valence-electron chi connectivity index (χ2n) is 5.78.